The molecule has 2 heterocycles. The Bertz CT molecular complexity index is 434. The topological polar surface area (TPSA) is 68.5 Å². The van der Waals surface area contributed by atoms with E-state index in [0.717, 1.165) is 6.54 Å². The molecule has 1 aliphatic heterocycles. The van der Waals surface area contributed by atoms with Gasteiger partial charge in [0.05, 0.1) is 12.2 Å². The molecule has 0 spiro atoms. The van der Waals surface area contributed by atoms with E-state index in [2.05, 4.69) is 23.7 Å². The van der Waals surface area contributed by atoms with Crippen LogP contribution in [0.1, 0.15) is 24.2 Å². The number of carbonyl (C=O) groups is 1. The number of anilines is 1. The number of hydrogen-bond donors (Lipinski definition) is 1. The molecule has 0 saturated carbocycles. The van der Waals surface area contributed by atoms with Crippen molar-refractivity contribution in [1.29, 1.82) is 0 Å². The molecule has 1 aromatic rings. The Morgan fingerprint density at radius 3 is 3.06 bits per heavy atom. The van der Waals surface area contributed by atoms with E-state index in [1.54, 1.807) is 12.3 Å². The largest absolute Gasteiger partial charge is 0.398 e. The van der Waals surface area contributed by atoms with Gasteiger partial charge in [-0.3, -0.25) is 14.7 Å². The number of ketones is 1. The van der Waals surface area contributed by atoms with Crippen LogP contribution in [0.25, 0.3) is 0 Å². The first-order valence-electron chi connectivity index (χ1n) is 6.19. The number of nitrogens with zero attached hydrogens (tertiary/aromatic N) is 2. The van der Waals surface area contributed by atoms with Gasteiger partial charge in [0.25, 0.3) is 0 Å². The average Bonchev–Trinajstić information content (AvgIpc) is 2.38. The number of pyridine rings is 1. The molecule has 0 radical (unpaired) electrons. The molecule has 0 amide bonds. The SMILES string of the molecule is CC(C)N1CCOC(C(=O)c2cnccc2N)C1. The number of rotatable bonds is 3. The summed E-state index contributed by atoms with van der Waals surface area (Å²) in [6, 6.07) is 2.05. The molecule has 5 nitrogen and oxygen atoms in total. The Morgan fingerprint density at radius 2 is 2.39 bits per heavy atom. The van der Waals surface area contributed by atoms with Gasteiger partial charge < -0.3 is 10.5 Å². The molecule has 1 unspecified atom stereocenters. The van der Waals surface area contributed by atoms with Crippen LogP contribution >= 0.6 is 0 Å². The van der Waals surface area contributed by atoms with Crippen molar-refractivity contribution in [2.75, 3.05) is 25.4 Å². The second kappa shape index (κ2) is 5.46. The summed E-state index contributed by atoms with van der Waals surface area (Å²) in [5, 5.41) is 0. The predicted octanol–water partition coefficient (Wildman–Crippen LogP) is 0.956. The van der Waals surface area contributed by atoms with E-state index in [1.165, 1.54) is 6.20 Å². The molecule has 18 heavy (non-hydrogen) atoms. The number of nitrogen functional groups attached to an aromatic ring is 1. The van der Waals surface area contributed by atoms with Gasteiger partial charge in [-0.25, -0.2) is 0 Å². The standard InChI is InChI=1S/C13H19N3O2/c1-9(2)16-5-6-18-12(8-16)13(17)10-7-15-4-3-11(10)14/h3-4,7,9,12H,5-6,8H2,1-2H3,(H2,14,15). The summed E-state index contributed by atoms with van der Waals surface area (Å²) < 4.78 is 5.56. The summed E-state index contributed by atoms with van der Waals surface area (Å²) in [5.41, 5.74) is 6.70. The quantitative estimate of drug-likeness (QED) is 0.808. The van der Waals surface area contributed by atoms with Crippen LogP contribution in [0.2, 0.25) is 0 Å². The molecule has 98 valence electrons. The Hall–Kier alpha value is -1.46. The van der Waals surface area contributed by atoms with Crippen LogP contribution in [0.3, 0.4) is 0 Å². The fraction of sp³-hybridized carbons (Fsp3) is 0.538. The number of carbonyl (C=O) groups excluding carboxylic acids is 1. The summed E-state index contributed by atoms with van der Waals surface area (Å²) in [7, 11) is 0. The van der Waals surface area contributed by atoms with Crippen LogP contribution in [0.4, 0.5) is 5.69 Å². The number of hydrogen-bond acceptors (Lipinski definition) is 5. The minimum atomic E-state index is -0.437. The van der Waals surface area contributed by atoms with Gasteiger partial charge in [0.15, 0.2) is 5.78 Å². The van der Waals surface area contributed by atoms with Gasteiger partial charge in [0.2, 0.25) is 0 Å². The minimum Gasteiger partial charge on any atom is -0.398 e. The highest BCUT2D eigenvalue weighted by molar-refractivity contribution is 6.03. The molecule has 1 fully saturated rings. The van der Waals surface area contributed by atoms with Crippen molar-refractivity contribution < 1.29 is 9.53 Å². The van der Waals surface area contributed by atoms with E-state index in [1.807, 2.05) is 0 Å². The van der Waals surface area contributed by atoms with Crippen LogP contribution in [-0.4, -0.2) is 47.5 Å². The van der Waals surface area contributed by atoms with Crippen molar-refractivity contribution in [2.45, 2.75) is 26.0 Å². The molecule has 0 aliphatic carbocycles. The molecular weight excluding hydrogens is 230 g/mol. The van der Waals surface area contributed by atoms with Crippen LogP contribution in [-0.2, 0) is 4.74 Å². The highest BCUT2D eigenvalue weighted by atomic mass is 16.5. The zero-order valence-electron chi connectivity index (χ0n) is 10.8. The van der Waals surface area contributed by atoms with Gasteiger partial charge >= 0.3 is 0 Å². The lowest BCUT2D eigenvalue weighted by molar-refractivity contribution is -0.0255. The van der Waals surface area contributed by atoms with Crippen molar-refractivity contribution in [1.82, 2.24) is 9.88 Å². The molecule has 0 bridgehead atoms. The molecule has 2 N–H and O–H groups in total. The summed E-state index contributed by atoms with van der Waals surface area (Å²) in [5.74, 6) is -0.0778. The molecule has 2 rings (SSSR count). The van der Waals surface area contributed by atoms with Crippen LogP contribution < -0.4 is 5.73 Å². The van der Waals surface area contributed by atoms with E-state index >= 15 is 0 Å². The Morgan fingerprint density at radius 1 is 1.61 bits per heavy atom. The molecule has 1 atom stereocenters. The van der Waals surface area contributed by atoms with Gasteiger partial charge in [0, 0.05) is 37.2 Å². The van der Waals surface area contributed by atoms with Crippen molar-refractivity contribution in [3.05, 3.63) is 24.0 Å². The van der Waals surface area contributed by atoms with Crippen molar-refractivity contribution >= 4 is 11.5 Å². The highest BCUT2D eigenvalue weighted by Crippen LogP contribution is 2.17. The Balaban J connectivity index is 2.12. The fourth-order valence-electron chi connectivity index (χ4n) is 2.08. The summed E-state index contributed by atoms with van der Waals surface area (Å²) >= 11 is 0. The second-order valence-corrected chi connectivity index (χ2v) is 4.78. The van der Waals surface area contributed by atoms with Crippen LogP contribution in [0.15, 0.2) is 18.5 Å². The lowest BCUT2D eigenvalue weighted by Crippen LogP contribution is -2.48. The Labute approximate surface area is 107 Å². The maximum Gasteiger partial charge on any atom is 0.196 e. The van der Waals surface area contributed by atoms with E-state index in [-0.39, 0.29) is 5.78 Å². The monoisotopic (exact) mass is 249 g/mol. The summed E-state index contributed by atoms with van der Waals surface area (Å²) in [6.07, 6.45) is 2.65. The number of ether oxygens (including phenoxy) is 1. The summed E-state index contributed by atoms with van der Waals surface area (Å²) in [4.78, 5) is 18.5. The first kappa shape index (κ1) is 13.0. The first-order valence-corrected chi connectivity index (χ1v) is 6.19. The van der Waals surface area contributed by atoms with Gasteiger partial charge in [0.1, 0.15) is 6.10 Å². The Kier molecular flexibility index (Phi) is 3.93. The zero-order chi connectivity index (χ0) is 13.1. The highest BCUT2D eigenvalue weighted by Gasteiger charge is 2.29. The van der Waals surface area contributed by atoms with Gasteiger partial charge in [-0.05, 0) is 19.9 Å². The van der Waals surface area contributed by atoms with E-state index in [9.17, 15) is 4.79 Å². The van der Waals surface area contributed by atoms with Crippen molar-refractivity contribution in [3.8, 4) is 0 Å². The predicted molar refractivity (Wildman–Crippen MR) is 69.4 cm³/mol. The van der Waals surface area contributed by atoms with Gasteiger partial charge in [-0.2, -0.15) is 0 Å². The average molecular weight is 249 g/mol. The van der Waals surface area contributed by atoms with E-state index in [4.69, 9.17) is 10.5 Å². The fourth-order valence-corrected chi connectivity index (χ4v) is 2.08. The van der Waals surface area contributed by atoms with E-state index in [0.29, 0.717) is 30.4 Å². The third-order valence-corrected chi connectivity index (χ3v) is 3.24. The maximum absolute atomic E-state index is 12.3. The second-order valence-electron chi connectivity index (χ2n) is 4.78. The normalized spacial score (nSPS) is 21.2. The lowest BCUT2D eigenvalue weighted by Gasteiger charge is -2.34. The first-order chi connectivity index (χ1) is 8.59. The molecule has 0 aromatic carbocycles. The maximum atomic E-state index is 12.3. The number of aromatic nitrogens is 1. The van der Waals surface area contributed by atoms with E-state index < -0.39 is 6.10 Å². The number of morpholine rings is 1. The summed E-state index contributed by atoms with van der Waals surface area (Å²) in [6.45, 7) is 6.29. The smallest absolute Gasteiger partial charge is 0.196 e. The van der Waals surface area contributed by atoms with Gasteiger partial charge in [-0.15, -0.1) is 0 Å². The molecular formula is C13H19N3O2. The van der Waals surface area contributed by atoms with Gasteiger partial charge in [-0.1, -0.05) is 0 Å². The molecule has 1 aromatic heterocycles. The molecule has 5 heteroatoms. The molecule has 1 saturated heterocycles. The van der Waals surface area contributed by atoms with Crippen molar-refractivity contribution in [3.63, 3.8) is 0 Å². The number of Topliss-reactive ketones (excluding diaryl/α,β-unsaturated/α-hetero) is 1. The third kappa shape index (κ3) is 2.68. The lowest BCUT2D eigenvalue weighted by atomic mass is 10.0. The molecule has 1 aliphatic rings. The van der Waals surface area contributed by atoms with Crippen molar-refractivity contribution in [2.24, 2.45) is 0 Å². The number of nitrogens with two attached hydrogens (primary N) is 1. The minimum absolute atomic E-state index is 0.0778. The zero-order valence-corrected chi connectivity index (χ0v) is 10.8. The van der Waals surface area contributed by atoms with Crippen LogP contribution in [0.5, 0.6) is 0 Å². The third-order valence-electron chi connectivity index (χ3n) is 3.24. The van der Waals surface area contributed by atoms with Crippen LogP contribution in [0, 0.1) is 0 Å².